The van der Waals surface area contributed by atoms with E-state index in [2.05, 4.69) is 56.1 Å². The predicted octanol–water partition coefficient (Wildman–Crippen LogP) is 5.80. The summed E-state index contributed by atoms with van der Waals surface area (Å²) in [6.45, 7) is -0.0234. The second kappa shape index (κ2) is 10.9. The molecule has 1 aliphatic carbocycles. The quantitative estimate of drug-likeness (QED) is 0.247. The van der Waals surface area contributed by atoms with Gasteiger partial charge in [0, 0.05) is 17.2 Å². The smallest absolute Gasteiger partial charge is 0.244 e. The number of fused-ring (bicyclic) bond motifs is 1. The Labute approximate surface area is 240 Å². The molecule has 1 saturated carbocycles. The fourth-order valence-electron chi connectivity index (χ4n) is 5.76. The zero-order valence-corrected chi connectivity index (χ0v) is 22.7. The molecule has 210 valence electrons. The van der Waals surface area contributed by atoms with E-state index in [1.54, 1.807) is 4.57 Å². The number of nitrogens with one attached hydrogen (secondary N) is 1. The van der Waals surface area contributed by atoms with Gasteiger partial charge in [-0.25, -0.2) is 9.61 Å². The molecule has 0 unspecified atom stereocenters. The van der Waals surface area contributed by atoms with E-state index in [0.717, 1.165) is 36.8 Å². The van der Waals surface area contributed by atoms with Crippen molar-refractivity contribution >= 4 is 28.4 Å². The normalized spacial score (nSPS) is 17.0. The number of nitrogen functional groups attached to an aromatic ring is 1. The van der Waals surface area contributed by atoms with Crippen LogP contribution in [-0.2, 0) is 11.3 Å². The maximum atomic E-state index is 13.2. The van der Waals surface area contributed by atoms with E-state index in [-0.39, 0.29) is 29.9 Å². The van der Waals surface area contributed by atoms with E-state index >= 15 is 0 Å². The van der Waals surface area contributed by atoms with Crippen LogP contribution in [0.5, 0.6) is 0 Å². The summed E-state index contributed by atoms with van der Waals surface area (Å²) < 4.78 is 12.2. The molecule has 1 aliphatic rings. The maximum absolute atomic E-state index is 13.2. The number of carbonyl (C=O) groups is 1. The molecule has 3 heterocycles. The number of benzene rings is 3. The molecular formula is C31H28N8O3. The summed E-state index contributed by atoms with van der Waals surface area (Å²) in [7, 11) is 0. The van der Waals surface area contributed by atoms with Crippen molar-refractivity contribution in [3.63, 3.8) is 0 Å². The van der Waals surface area contributed by atoms with Gasteiger partial charge in [0.2, 0.25) is 17.6 Å². The first-order chi connectivity index (χ1) is 20.6. The van der Waals surface area contributed by atoms with Gasteiger partial charge in [-0.1, -0.05) is 59.8 Å². The van der Waals surface area contributed by atoms with Crippen LogP contribution in [0.15, 0.2) is 88.0 Å². The molecule has 42 heavy (non-hydrogen) atoms. The van der Waals surface area contributed by atoms with Crippen LogP contribution in [0.25, 0.3) is 33.9 Å². The molecule has 3 aromatic carbocycles. The van der Waals surface area contributed by atoms with Crippen molar-refractivity contribution in [1.29, 1.82) is 0 Å². The average molecular weight is 561 g/mol. The van der Waals surface area contributed by atoms with Gasteiger partial charge in [-0.3, -0.25) is 4.79 Å². The van der Waals surface area contributed by atoms with Crippen LogP contribution in [0, 0.1) is 0 Å². The Balaban J connectivity index is 1.05. The van der Waals surface area contributed by atoms with E-state index < -0.39 is 0 Å². The number of nitrogens with two attached hydrogens (primary N) is 1. The lowest BCUT2D eigenvalue weighted by atomic mass is 9.78. The molecule has 6 aromatic rings. The van der Waals surface area contributed by atoms with Crippen LogP contribution in [0.2, 0.25) is 0 Å². The number of amides is 1. The van der Waals surface area contributed by atoms with Gasteiger partial charge in [0.05, 0.1) is 11.0 Å². The van der Waals surface area contributed by atoms with Crippen LogP contribution in [0.3, 0.4) is 0 Å². The summed E-state index contributed by atoms with van der Waals surface area (Å²) in [5.41, 5.74) is 10.4. The molecule has 0 saturated heterocycles. The van der Waals surface area contributed by atoms with E-state index in [9.17, 15) is 4.79 Å². The fourth-order valence-corrected chi connectivity index (χ4v) is 5.76. The minimum Gasteiger partial charge on any atom is -0.379 e. The molecule has 11 heteroatoms. The van der Waals surface area contributed by atoms with Gasteiger partial charge in [0.1, 0.15) is 6.54 Å². The summed E-state index contributed by atoms with van der Waals surface area (Å²) in [6, 6.07) is 25.6. The summed E-state index contributed by atoms with van der Waals surface area (Å²) in [4.78, 5) is 22.6. The monoisotopic (exact) mass is 560 g/mol. The molecule has 1 fully saturated rings. The molecule has 3 N–H and O–H groups in total. The minimum atomic E-state index is -0.254. The van der Waals surface area contributed by atoms with Crippen LogP contribution >= 0.6 is 0 Å². The Kier molecular flexibility index (Phi) is 6.67. The molecule has 7 rings (SSSR count). The van der Waals surface area contributed by atoms with E-state index in [1.807, 2.05) is 48.5 Å². The van der Waals surface area contributed by atoms with Crippen molar-refractivity contribution in [2.45, 2.75) is 44.1 Å². The average Bonchev–Trinajstić information content (AvgIpc) is 3.77. The number of imidazole rings is 1. The molecule has 0 atom stereocenters. The second-order valence-corrected chi connectivity index (χ2v) is 10.6. The third-order valence-corrected chi connectivity index (χ3v) is 7.88. The highest BCUT2D eigenvalue weighted by Gasteiger charge is 2.27. The number of carbonyl (C=O) groups excluding carboxylic acids is 1. The first kappa shape index (κ1) is 25.6. The number of hydrogen-bond donors (Lipinski definition) is 2. The lowest BCUT2D eigenvalue weighted by Gasteiger charge is -2.26. The summed E-state index contributed by atoms with van der Waals surface area (Å²) in [5, 5.41) is 14.8. The van der Waals surface area contributed by atoms with Crippen molar-refractivity contribution < 1.29 is 13.9 Å². The third kappa shape index (κ3) is 5.00. The Hall–Kier alpha value is -5.32. The van der Waals surface area contributed by atoms with Gasteiger partial charge in [-0.05, 0) is 71.7 Å². The molecule has 11 nitrogen and oxygen atoms in total. The van der Waals surface area contributed by atoms with Crippen LogP contribution < -0.4 is 11.1 Å². The van der Waals surface area contributed by atoms with Crippen molar-refractivity contribution in [3.05, 3.63) is 90.3 Å². The third-order valence-electron chi connectivity index (χ3n) is 7.88. The minimum absolute atomic E-state index is 0.0234. The first-order valence-electron chi connectivity index (χ1n) is 13.9. The molecule has 3 aromatic heterocycles. The number of aromatic nitrogens is 6. The van der Waals surface area contributed by atoms with Gasteiger partial charge < -0.3 is 20.1 Å². The number of nitrogens with zero attached hydrogens (tertiary/aromatic N) is 6. The number of hydrogen-bond acceptors (Lipinski definition) is 9. The highest BCUT2D eigenvalue weighted by Crippen LogP contribution is 2.40. The zero-order valence-electron chi connectivity index (χ0n) is 22.7. The van der Waals surface area contributed by atoms with Crippen LogP contribution in [0.4, 0.5) is 11.5 Å². The highest BCUT2D eigenvalue weighted by atomic mass is 16.6. The van der Waals surface area contributed by atoms with Crippen molar-refractivity contribution in [2.24, 2.45) is 0 Å². The SMILES string of the molecule is Nc1nonc1-c1nc2ccccc2n1CC(=O)Nc1cccc(-c2noc(C3CCC(c4ccccc4)CC3)n2)c1. The van der Waals surface area contributed by atoms with Gasteiger partial charge in [-0.15, -0.1) is 0 Å². The number of anilines is 2. The van der Waals surface area contributed by atoms with Crippen molar-refractivity contribution in [3.8, 4) is 22.9 Å². The molecule has 1 amide bonds. The lowest BCUT2D eigenvalue weighted by molar-refractivity contribution is -0.116. The lowest BCUT2D eigenvalue weighted by Crippen LogP contribution is -2.19. The standard InChI is InChI=1S/C31H28N8O3/c32-28-27(36-42-37-28)30-34-24-11-4-5-12-25(24)39(30)18-26(40)33-23-10-6-9-22(17-23)29-35-31(41-38-29)21-15-13-20(14-16-21)19-7-2-1-3-8-19/h1-12,17,20-21H,13-16,18H2,(H2,32,37)(H,33,40). The summed E-state index contributed by atoms with van der Waals surface area (Å²) >= 11 is 0. The van der Waals surface area contributed by atoms with Crippen molar-refractivity contribution in [1.82, 2.24) is 30.0 Å². The number of rotatable bonds is 7. The van der Waals surface area contributed by atoms with Gasteiger partial charge in [0.15, 0.2) is 17.3 Å². The Morgan fingerprint density at radius 3 is 2.48 bits per heavy atom. The van der Waals surface area contributed by atoms with Crippen molar-refractivity contribution in [2.75, 3.05) is 11.1 Å². The molecule has 0 aliphatic heterocycles. The van der Waals surface area contributed by atoms with Gasteiger partial charge in [-0.2, -0.15) is 4.98 Å². The second-order valence-electron chi connectivity index (χ2n) is 10.6. The first-order valence-corrected chi connectivity index (χ1v) is 13.9. The maximum Gasteiger partial charge on any atom is 0.244 e. The number of para-hydroxylation sites is 2. The zero-order chi connectivity index (χ0) is 28.5. The summed E-state index contributed by atoms with van der Waals surface area (Å²) in [5.74, 6) is 2.25. The fraction of sp³-hybridized carbons (Fsp3) is 0.226. The van der Waals surface area contributed by atoms with Crippen LogP contribution in [-0.4, -0.2) is 35.9 Å². The molecular weight excluding hydrogens is 532 g/mol. The van der Waals surface area contributed by atoms with Gasteiger partial charge in [0.25, 0.3) is 0 Å². The molecule has 0 radical (unpaired) electrons. The largest absolute Gasteiger partial charge is 0.379 e. The highest BCUT2D eigenvalue weighted by molar-refractivity contribution is 5.93. The van der Waals surface area contributed by atoms with Crippen LogP contribution in [0.1, 0.15) is 49.0 Å². The van der Waals surface area contributed by atoms with E-state index in [1.165, 1.54) is 5.56 Å². The Morgan fingerprint density at radius 2 is 1.67 bits per heavy atom. The van der Waals surface area contributed by atoms with Gasteiger partial charge >= 0.3 is 0 Å². The molecule has 0 bridgehead atoms. The Morgan fingerprint density at radius 1 is 0.881 bits per heavy atom. The Bertz CT molecular complexity index is 1850. The molecule has 0 spiro atoms. The van der Waals surface area contributed by atoms with E-state index in [4.69, 9.17) is 19.9 Å². The topological polar surface area (TPSA) is 151 Å². The predicted molar refractivity (Wildman–Crippen MR) is 156 cm³/mol. The summed E-state index contributed by atoms with van der Waals surface area (Å²) in [6.07, 6.45) is 4.22. The van der Waals surface area contributed by atoms with E-state index in [0.29, 0.717) is 34.7 Å².